The second kappa shape index (κ2) is 11.7. The summed E-state index contributed by atoms with van der Waals surface area (Å²) >= 11 is 5.37. The van der Waals surface area contributed by atoms with Gasteiger partial charge in [-0.1, -0.05) is 6.58 Å². The lowest BCUT2D eigenvalue weighted by Gasteiger charge is -2.10. The van der Waals surface area contributed by atoms with Crippen molar-refractivity contribution in [3.05, 3.63) is 12.3 Å². The van der Waals surface area contributed by atoms with Crippen molar-refractivity contribution in [1.82, 2.24) is 10.6 Å². The van der Waals surface area contributed by atoms with E-state index in [9.17, 15) is 19.2 Å². The van der Waals surface area contributed by atoms with E-state index in [-0.39, 0.29) is 23.4 Å². The predicted octanol–water partition coefficient (Wildman–Crippen LogP) is -0.288. The van der Waals surface area contributed by atoms with Crippen molar-refractivity contribution in [3.63, 3.8) is 0 Å². The van der Waals surface area contributed by atoms with Gasteiger partial charge in [-0.3, -0.25) is 9.59 Å². The lowest BCUT2D eigenvalue weighted by Crippen LogP contribution is -2.41. The number of carbonyl (C=O) groups is 4. The Morgan fingerprint density at radius 1 is 1.10 bits per heavy atom. The van der Waals surface area contributed by atoms with Gasteiger partial charge in [-0.05, 0) is 0 Å². The lowest BCUT2D eigenvalue weighted by atomic mass is 10.3. The van der Waals surface area contributed by atoms with Gasteiger partial charge in [-0.15, -0.1) is 11.6 Å². The normalized spacial score (nSPS) is 10.1. The summed E-state index contributed by atoms with van der Waals surface area (Å²) < 4.78 is 8.63. The van der Waals surface area contributed by atoms with Gasteiger partial charge in [0.15, 0.2) is 0 Å². The van der Waals surface area contributed by atoms with E-state index in [1.807, 2.05) is 0 Å². The zero-order chi connectivity index (χ0) is 17.0. The summed E-state index contributed by atoms with van der Waals surface area (Å²) in [6.45, 7) is 5.85. The Bertz CT molecular complexity index is 411. The fourth-order valence-electron chi connectivity index (χ4n) is 0.935. The van der Waals surface area contributed by atoms with E-state index in [0.717, 1.165) is 0 Å². The molecular weight excluding hydrogens is 304 g/mol. The molecular formula is C12H19ClN2O6. The molecule has 0 heterocycles. The minimum Gasteiger partial charge on any atom is -0.467 e. The Morgan fingerprint density at radius 3 is 1.90 bits per heavy atom. The fraction of sp³-hybridized carbons (Fsp3) is 0.500. The number of esters is 2. The van der Waals surface area contributed by atoms with Gasteiger partial charge in [0.25, 0.3) is 0 Å². The molecule has 0 rings (SSSR count). The summed E-state index contributed by atoms with van der Waals surface area (Å²) in [5.74, 6) is -1.78. The van der Waals surface area contributed by atoms with Gasteiger partial charge in [0.1, 0.15) is 11.7 Å². The lowest BCUT2D eigenvalue weighted by molar-refractivity contribution is -0.144. The average molecular weight is 323 g/mol. The summed E-state index contributed by atoms with van der Waals surface area (Å²) in [4.78, 5) is 42.0. The van der Waals surface area contributed by atoms with Crippen LogP contribution in [0.4, 0.5) is 0 Å². The van der Waals surface area contributed by atoms with Crippen LogP contribution >= 0.6 is 11.6 Å². The van der Waals surface area contributed by atoms with E-state index < -0.39 is 18.0 Å². The minimum absolute atomic E-state index is 0.0201. The van der Waals surface area contributed by atoms with Gasteiger partial charge in [-0.25, -0.2) is 9.59 Å². The molecule has 0 bridgehead atoms. The largest absolute Gasteiger partial charge is 0.467 e. The molecule has 0 saturated carbocycles. The predicted molar refractivity (Wildman–Crippen MR) is 75.3 cm³/mol. The number of halogens is 1. The van der Waals surface area contributed by atoms with Crippen LogP contribution in [-0.2, 0) is 28.7 Å². The molecule has 0 aromatic carbocycles. The average Bonchev–Trinajstić information content (AvgIpc) is 2.42. The molecule has 0 aliphatic rings. The summed E-state index contributed by atoms with van der Waals surface area (Å²) in [7, 11) is 2.46. The second-order valence-electron chi connectivity index (χ2n) is 3.58. The van der Waals surface area contributed by atoms with Crippen LogP contribution < -0.4 is 10.6 Å². The first-order valence-electron chi connectivity index (χ1n) is 5.65. The van der Waals surface area contributed by atoms with Crippen LogP contribution in [0.5, 0.6) is 0 Å². The van der Waals surface area contributed by atoms with Crippen molar-refractivity contribution in [1.29, 1.82) is 0 Å². The summed E-state index contributed by atoms with van der Waals surface area (Å²) in [5, 5.41) is 4.52. The topological polar surface area (TPSA) is 111 Å². The quantitative estimate of drug-likeness (QED) is 0.409. The van der Waals surface area contributed by atoms with E-state index in [4.69, 9.17) is 11.6 Å². The molecule has 8 nitrogen and oxygen atoms in total. The molecule has 9 heteroatoms. The third-order valence-corrected chi connectivity index (χ3v) is 2.08. The number of ether oxygens (including phenoxy) is 2. The third-order valence-electron chi connectivity index (χ3n) is 1.78. The Hall–Kier alpha value is -2.09. The highest BCUT2D eigenvalue weighted by Crippen LogP contribution is 1.91. The Morgan fingerprint density at radius 2 is 1.62 bits per heavy atom. The highest BCUT2D eigenvalue weighted by atomic mass is 35.5. The maximum Gasteiger partial charge on any atom is 0.353 e. The van der Waals surface area contributed by atoms with Crippen LogP contribution in [0.2, 0.25) is 0 Å². The molecule has 0 aromatic heterocycles. The minimum atomic E-state index is -0.737. The van der Waals surface area contributed by atoms with Crippen LogP contribution in [0.3, 0.4) is 0 Å². The van der Waals surface area contributed by atoms with Crippen molar-refractivity contribution in [2.45, 2.75) is 19.9 Å². The molecule has 0 aromatic rings. The highest BCUT2D eigenvalue weighted by Gasteiger charge is 2.17. The van der Waals surface area contributed by atoms with Crippen LogP contribution in [0.15, 0.2) is 12.3 Å². The number of hydrogen-bond acceptors (Lipinski definition) is 6. The maximum absolute atomic E-state index is 10.8. The number of amides is 2. The van der Waals surface area contributed by atoms with Crippen LogP contribution in [-0.4, -0.2) is 49.9 Å². The van der Waals surface area contributed by atoms with Gasteiger partial charge in [0.2, 0.25) is 11.8 Å². The van der Waals surface area contributed by atoms with E-state index in [2.05, 4.69) is 26.7 Å². The fourth-order valence-corrected chi connectivity index (χ4v) is 1.14. The van der Waals surface area contributed by atoms with Crippen LogP contribution in [0.1, 0.15) is 13.8 Å². The SMILES string of the molecule is C=C(NC(C)=O)C(=O)OC.COC(=O)[C@H](CCl)NC(C)=O. The van der Waals surface area contributed by atoms with Gasteiger partial charge < -0.3 is 20.1 Å². The van der Waals surface area contributed by atoms with E-state index in [1.165, 1.54) is 28.1 Å². The van der Waals surface area contributed by atoms with Crippen LogP contribution in [0, 0.1) is 0 Å². The number of nitrogens with one attached hydrogen (secondary N) is 2. The molecule has 1 atom stereocenters. The molecule has 0 saturated heterocycles. The molecule has 0 fully saturated rings. The van der Waals surface area contributed by atoms with Crippen molar-refractivity contribution in [3.8, 4) is 0 Å². The van der Waals surface area contributed by atoms with Crippen molar-refractivity contribution in [2.75, 3.05) is 20.1 Å². The number of alkyl halides is 1. The Kier molecular flexibility index (Phi) is 11.8. The van der Waals surface area contributed by atoms with Crippen molar-refractivity contribution < 1.29 is 28.7 Å². The highest BCUT2D eigenvalue weighted by molar-refractivity contribution is 6.19. The summed E-state index contributed by atoms with van der Waals surface area (Å²) in [5.41, 5.74) is -0.0463. The Balaban J connectivity index is 0. The number of methoxy groups -OCH3 is 2. The van der Waals surface area contributed by atoms with Crippen molar-refractivity contribution >= 4 is 35.4 Å². The zero-order valence-corrected chi connectivity index (χ0v) is 13.1. The van der Waals surface area contributed by atoms with E-state index in [0.29, 0.717) is 0 Å². The van der Waals surface area contributed by atoms with Gasteiger partial charge in [-0.2, -0.15) is 0 Å². The maximum atomic E-state index is 10.8. The van der Waals surface area contributed by atoms with Gasteiger partial charge in [0, 0.05) is 13.8 Å². The summed E-state index contributed by atoms with van der Waals surface area (Å²) in [6.07, 6.45) is 0. The number of rotatable bonds is 5. The third kappa shape index (κ3) is 11.4. The zero-order valence-electron chi connectivity index (χ0n) is 12.3. The summed E-state index contributed by atoms with van der Waals surface area (Å²) in [6, 6.07) is -0.737. The van der Waals surface area contributed by atoms with E-state index >= 15 is 0 Å². The van der Waals surface area contributed by atoms with Gasteiger partial charge >= 0.3 is 11.9 Å². The first-order chi connectivity index (χ1) is 9.69. The first-order valence-corrected chi connectivity index (χ1v) is 6.18. The second-order valence-corrected chi connectivity index (χ2v) is 3.89. The van der Waals surface area contributed by atoms with Crippen LogP contribution in [0.25, 0.3) is 0 Å². The molecule has 0 spiro atoms. The molecule has 120 valence electrons. The van der Waals surface area contributed by atoms with Crippen molar-refractivity contribution in [2.24, 2.45) is 0 Å². The molecule has 0 aliphatic carbocycles. The molecule has 2 amide bonds. The van der Waals surface area contributed by atoms with Gasteiger partial charge in [0.05, 0.1) is 20.1 Å². The number of hydrogen-bond donors (Lipinski definition) is 2. The Labute approximate surface area is 127 Å². The number of carbonyl (C=O) groups excluding carboxylic acids is 4. The molecule has 0 unspecified atom stereocenters. The standard InChI is InChI=1S/C6H10ClNO3.C6H9NO3/c1-4(9)8-5(3-7)6(10)11-2;1-4(6(9)10-3)7-5(2)8/h5H,3H2,1-2H3,(H,8,9);1H2,2-3H3,(H,7,8)/t5-;/m0./s1. The molecule has 0 radical (unpaired) electrons. The van der Waals surface area contributed by atoms with E-state index in [1.54, 1.807) is 0 Å². The first kappa shape index (κ1) is 21.2. The monoisotopic (exact) mass is 322 g/mol. The molecule has 0 aliphatic heterocycles. The molecule has 2 N–H and O–H groups in total. The smallest absolute Gasteiger partial charge is 0.353 e. The molecule has 21 heavy (non-hydrogen) atoms.